The quantitative estimate of drug-likeness (QED) is 0.807. The first-order valence-corrected chi connectivity index (χ1v) is 7.64. The molecule has 0 unspecified atom stereocenters. The SMILES string of the molecule is CCCNC(=O)c1cccc(C(=O)N(C)CC(C)(C)CN)c1. The van der Waals surface area contributed by atoms with Gasteiger partial charge in [-0.1, -0.05) is 26.8 Å². The maximum absolute atomic E-state index is 12.5. The van der Waals surface area contributed by atoms with Gasteiger partial charge in [-0.15, -0.1) is 0 Å². The Morgan fingerprint density at radius 3 is 2.50 bits per heavy atom. The van der Waals surface area contributed by atoms with Crippen LogP contribution in [-0.4, -0.2) is 43.4 Å². The van der Waals surface area contributed by atoms with Crippen molar-refractivity contribution in [1.29, 1.82) is 0 Å². The molecule has 1 aromatic rings. The van der Waals surface area contributed by atoms with Crippen LogP contribution >= 0.6 is 0 Å². The number of hydrogen-bond donors (Lipinski definition) is 2. The minimum Gasteiger partial charge on any atom is -0.352 e. The van der Waals surface area contributed by atoms with E-state index >= 15 is 0 Å². The van der Waals surface area contributed by atoms with Crippen LogP contribution in [0.5, 0.6) is 0 Å². The third-order valence-electron chi connectivity index (χ3n) is 3.47. The second-order valence-corrected chi connectivity index (χ2v) is 6.37. The summed E-state index contributed by atoms with van der Waals surface area (Å²) < 4.78 is 0. The molecule has 1 rings (SSSR count). The summed E-state index contributed by atoms with van der Waals surface area (Å²) in [5.74, 6) is -0.256. The molecule has 0 heterocycles. The van der Waals surface area contributed by atoms with Gasteiger partial charge < -0.3 is 16.0 Å². The third kappa shape index (κ3) is 5.15. The second kappa shape index (κ2) is 7.94. The zero-order chi connectivity index (χ0) is 16.8. The zero-order valence-electron chi connectivity index (χ0n) is 14.0. The number of benzene rings is 1. The highest BCUT2D eigenvalue weighted by molar-refractivity contribution is 5.99. The molecule has 5 heteroatoms. The summed E-state index contributed by atoms with van der Waals surface area (Å²) >= 11 is 0. The highest BCUT2D eigenvalue weighted by atomic mass is 16.2. The van der Waals surface area contributed by atoms with Crippen molar-refractivity contribution in [2.75, 3.05) is 26.7 Å². The summed E-state index contributed by atoms with van der Waals surface area (Å²) in [7, 11) is 1.75. The molecule has 0 saturated heterocycles. The molecule has 22 heavy (non-hydrogen) atoms. The van der Waals surface area contributed by atoms with Gasteiger partial charge in [0.1, 0.15) is 0 Å². The molecule has 0 spiro atoms. The number of nitrogens with two attached hydrogens (primary N) is 1. The summed E-state index contributed by atoms with van der Waals surface area (Å²) in [6, 6.07) is 6.81. The Morgan fingerprint density at radius 2 is 1.91 bits per heavy atom. The maximum Gasteiger partial charge on any atom is 0.253 e. The summed E-state index contributed by atoms with van der Waals surface area (Å²) in [4.78, 5) is 26.1. The van der Waals surface area contributed by atoms with E-state index in [-0.39, 0.29) is 17.2 Å². The number of nitrogens with one attached hydrogen (secondary N) is 1. The monoisotopic (exact) mass is 305 g/mol. The van der Waals surface area contributed by atoms with Crippen LogP contribution in [-0.2, 0) is 0 Å². The Labute approximate surface area is 132 Å². The first kappa shape index (κ1) is 18.2. The second-order valence-electron chi connectivity index (χ2n) is 6.37. The minimum absolute atomic E-state index is 0.105. The number of carbonyl (C=O) groups excluding carboxylic acids is 2. The Bertz CT molecular complexity index is 526. The first-order chi connectivity index (χ1) is 10.3. The highest BCUT2D eigenvalue weighted by Gasteiger charge is 2.22. The third-order valence-corrected chi connectivity index (χ3v) is 3.47. The van der Waals surface area contributed by atoms with Gasteiger partial charge in [0, 0.05) is 31.3 Å². The lowest BCUT2D eigenvalue weighted by Gasteiger charge is -2.29. The standard InChI is InChI=1S/C17H27N3O2/c1-5-9-19-15(21)13-7-6-8-14(10-13)16(22)20(4)12-17(2,3)11-18/h6-8,10H,5,9,11-12,18H2,1-4H3,(H,19,21). The fraction of sp³-hybridized carbons (Fsp3) is 0.529. The van der Waals surface area contributed by atoms with Crippen molar-refractivity contribution in [2.24, 2.45) is 11.1 Å². The Kier molecular flexibility index (Phi) is 6.56. The smallest absolute Gasteiger partial charge is 0.253 e. The molecule has 0 saturated carbocycles. The van der Waals surface area contributed by atoms with Crippen LogP contribution in [0, 0.1) is 5.41 Å². The van der Waals surface area contributed by atoms with E-state index in [1.165, 1.54) is 0 Å². The average Bonchev–Trinajstić information content (AvgIpc) is 2.51. The highest BCUT2D eigenvalue weighted by Crippen LogP contribution is 2.16. The molecule has 2 amide bonds. The Morgan fingerprint density at radius 1 is 1.27 bits per heavy atom. The van der Waals surface area contributed by atoms with E-state index < -0.39 is 0 Å². The molecule has 0 fully saturated rings. The van der Waals surface area contributed by atoms with Gasteiger partial charge >= 0.3 is 0 Å². The normalized spacial score (nSPS) is 11.1. The molecule has 0 aromatic heterocycles. The maximum atomic E-state index is 12.5. The number of hydrogen-bond acceptors (Lipinski definition) is 3. The van der Waals surface area contributed by atoms with Crippen molar-refractivity contribution in [2.45, 2.75) is 27.2 Å². The van der Waals surface area contributed by atoms with Crippen LogP contribution in [0.25, 0.3) is 0 Å². The lowest BCUT2D eigenvalue weighted by Crippen LogP contribution is -2.39. The average molecular weight is 305 g/mol. The molecule has 0 radical (unpaired) electrons. The summed E-state index contributed by atoms with van der Waals surface area (Å²) in [6.07, 6.45) is 0.876. The van der Waals surface area contributed by atoms with Crippen molar-refractivity contribution >= 4 is 11.8 Å². The van der Waals surface area contributed by atoms with Crippen molar-refractivity contribution in [3.8, 4) is 0 Å². The number of amides is 2. The molecule has 3 N–H and O–H groups in total. The van der Waals surface area contributed by atoms with E-state index in [1.807, 2.05) is 20.8 Å². The van der Waals surface area contributed by atoms with Crippen molar-refractivity contribution in [3.63, 3.8) is 0 Å². The van der Waals surface area contributed by atoms with Crippen molar-refractivity contribution in [3.05, 3.63) is 35.4 Å². The first-order valence-electron chi connectivity index (χ1n) is 7.64. The topological polar surface area (TPSA) is 75.4 Å². The van der Waals surface area contributed by atoms with Crippen LogP contribution in [0.4, 0.5) is 0 Å². The van der Waals surface area contributed by atoms with Crippen LogP contribution in [0.2, 0.25) is 0 Å². The Hall–Kier alpha value is -1.88. The van der Waals surface area contributed by atoms with Crippen molar-refractivity contribution < 1.29 is 9.59 Å². The summed E-state index contributed by atoms with van der Waals surface area (Å²) in [6.45, 7) is 7.73. The van der Waals surface area contributed by atoms with Crippen LogP contribution in [0.15, 0.2) is 24.3 Å². The Balaban J connectivity index is 2.84. The largest absolute Gasteiger partial charge is 0.352 e. The molecule has 0 atom stereocenters. The lowest BCUT2D eigenvalue weighted by atomic mass is 9.93. The summed E-state index contributed by atoms with van der Waals surface area (Å²) in [5, 5.41) is 2.81. The van der Waals surface area contributed by atoms with Gasteiger partial charge in [-0.25, -0.2) is 0 Å². The van der Waals surface area contributed by atoms with E-state index in [2.05, 4.69) is 5.32 Å². The number of nitrogens with zero attached hydrogens (tertiary/aromatic N) is 1. The minimum atomic E-state index is -0.151. The van der Waals surface area contributed by atoms with Gasteiger partial charge in [0.25, 0.3) is 11.8 Å². The molecule has 0 aliphatic carbocycles. The molecule has 5 nitrogen and oxygen atoms in total. The van der Waals surface area contributed by atoms with E-state index in [1.54, 1.807) is 36.2 Å². The predicted octanol–water partition coefficient (Wildman–Crippen LogP) is 1.88. The van der Waals surface area contributed by atoms with Crippen LogP contribution < -0.4 is 11.1 Å². The summed E-state index contributed by atoms with van der Waals surface area (Å²) in [5.41, 5.74) is 6.59. The van der Waals surface area contributed by atoms with Crippen LogP contribution in [0.3, 0.4) is 0 Å². The van der Waals surface area contributed by atoms with Gasteiger partial charge in [0.05, 0.1) is 0 Å². The van der Waals surface area contributed by atoms with Gasteiger partial charge in [0.15, 0.2) is 0 Å². The van der Waals surface area contributed by atoms with E-state index in [0.29, 0.717) is 30.8 Å². The van der Waals surface area contributed by atoms with E-state index in [9.17, 15) is 9.59 Å². The zero-order valence-corrected chi connectivity index (χ0v) is 14.0. The van der Waals surface area contributed by atoms with Crippen LogP contribution in [0.1, 0.15) is 47.9 Å². The van der Waals surface area contributed by atoms with Gasteiger partial charge in [-0.05, 0) is 36.6 Å². The molecule has 0 aliphatic rings. The predicted molar refractivity (Wildman–Crippen MR) is 88.9 cm³/mol. The fourth-order valence-electron chi connectivity index (χ4n) is 2.13. The molecule has 0 aliphatic heterocycles. The van der Waals surface area contributed by atoms with Gasteiger partial charge in [-0.3, -0.25) is 9.59 Å². The molecular weight excluding hydrogens is 278 g/mol. The van der Waals surface area contributed by atoms with Gasteiger partial charge in [-0.2, -0.15) is 0 Å². The van der Waals surface area contributed by atoms with Crippen molar-refractivity contribution in [1.82, 2.24) is 10.2 Å². The molecular formula is C17H27N3O2. The molecule has 0 bridgehead atoms. The van der Waals surface area contributed by atoms with Gasteiger partial charge in [0.2, 0.25) is 0 Å². The van der Waals surface area contributed by atoms with E-state index in [0.717, 1.165) is 6.42 Å². The number of carbonyl (C=O) groups is 2. The molecule has 122 valence electrons. The molecule has 1 aromatic carbocycles. The van der Waals surface area contributed by atoms with E-state index in [4.69, 9.17) is 5.73 Å². The number of rotatable bonds is 7. The fourth-order valence-corrected chi connectivity index (χ4v) is 2.13. The lowest BCUT2D eigenvalue weighted by molar-refractivity contribution is 0.0740.